The number of thioether (sulfide) groups is 1. The maximum Gasteiger partial charge on any atom is 0.0171 e. The molecule has 1 aromatic carbocycles. The van der Waals surface area contributed by atoms with E-state index in [1.807, 2.05) is 0 Å². The lowest BCUT2D eigenvalue weighted by Gasteiger charge is -2.22. The molecule has 0 radical (unpaired) electrons. The van der Waals surface area contributed by atoms with Crippen LogP contribution in [-0.4, -0.2) is 17.0 Å². The van der Waals surface area contributed by atoms with E-state index in [-0.39, 0.29) is 0 Å². The van der Waals surface area contributed by atoms with Crippen molar-refractivity contribution in [3.8, 4) is 0 Å². The molecule has 2 aliphatic rings. The second kappa shape index (κ2) is 7.00. The lowest BCUT2D eigenvalue weighted by molar-refractivity contribution is 0.515. The van der Waals surface area contributed by atoms with Gasteiger partial charge in [0.25, 0.3) is 0 Å². The number of benzene rings is 1. The number of hydrogen-bond acceptors (Lipinski definition) is 2. The van der Waals surface area contributed by atoms with Gasteiger partial charge >= 0.3 is 0 Å². The molecular weight excluding hydrogens is 262 g/mol. The fraction of sp³-hybridized carbons (Fsp3) is 0.667. The van der Waals surface area contributed by atoms with E-state index < -0.39 is 0 Å². The van der Waals surface area contributed by atoms with Crippen LogP contribution in [0.5, 0.6) is 0 Å². The first-order valence-electron chi connectivity index (χ1n) is 8.29. The Morgan fingerprint density at radius 1 is 1.05 bits per heavy atom. The average Bonchev–Trinajstić information content (AvgIpc) is 2.94. The molecule has 0 aliphatic heterocycles. The van der Waals surface area contributed by atoms with Gasteiger partial charge in [-0.15, -0.1) is 0 Å². The van der Waals surface area contributed by atoms with Crippen molar-refractivity contribution < 1.29 is 0 Å². The Labute approximate surface area is 127 Å². The largest absolute Gasteiger partial charge is 0.327 e. The Morgan fingerprint density at radius 2 is 1.85 bits per heavy atom. The van der Waals surface area contributed by atoms with Crippen LogP contribution in [-0.2, 0) is 19.3 Å². The van der Waals surface area contributed by atoms with Gasteiger partial charge in [0.1, 0.15) is 0 Å². The summed E-state index contributed by atoms with van der Waals surface area (Å²) in [6, 6.07) is 7.36. The summed E-state index contributed by atoms with van der Waals surface area (Å²) < 4.78 is 0. The van der Waals surface area contributed by atoms with Gasteiger partial charge in [-0.2, -0.15) is 11.8 Å². The van der Waals surface area contributed by atoms with Crippen molar-refractivity contribution >= 4 is 11.8 Å². The highest BCUT2D eigenvalue weighted by molar-refractivity contribution is 7.99. The highest BCUT2D eigenvalue weighted by atomic mass is 32.2. The molecule has 2 heteroatoms. The zero-order valence-corrected chi connectivity index (χ0v) is 13.3. The molecule has 1 unspecified atom stereocenters. The lowest BCUT2D eigenvalue weighted by Crippen LogP contribution is -2.27. The number of hydrogen-bond donors (Lipinski definition) is 1. The zero-order valence-electron chi connectivity index (χ0n) is 12.4. The predicted octanol–water partition coefficient (Wildman–Crippen LogP) is 4.11. The van der Waals surface area contributed by atoms with Crippen molar-refractivity contribution in [3.63, 3.8) is 0 Å². The summed E-state index contributed by atoms with van der Waals surface area (Å²) in [7, 11) is 0. The fourth-order valence-electron chi connectivity index (χ4n) is 3.61. The van der Waals surface area contributed by atoms with Crippen LogP contribution < -0.4 is 5.73 Å². The highest BCUT2D eigenvalue weighted by Crippen LogP contribution is 2.29. The Kier molecular flexibility index (Phi) is 5.06. The van der Waals surface area contributed by atoms with E-state index >= 15 is 0 Å². The third-order valence-electron chi connectivity index (χ3n) is 4.76. The first kappa shape index (κ1) is 14.5. The van der Waals surface area contributed by atoms with Crippen LogP contribution in [0.15, 0.2) is 18.2 Å². The van der Waals surface area contributed by atoms with E-state index in [0.29, 0.717) is 6.04 Å². The molecular formula is C18H27NS. The Hall–Kier alpha value is -0.470. The number of rotatable bonds is 5. The lowest BCUT2D eigenvalue weighted by atomic mass is 10.0. The van der Waals surface area contributed by atoms with Gasteiger partial charge in [-0.3, -0.25) is 0 Å². The van der Waals surface area contributed by atoms with Crippen LogP contribution in [0, 0.1) is 0 Å². The predicted molar refractivity (Wildman–Crippen MR) is 89.5 cm³/mol. The molecule has 2 aliphatic carbocycles. The average molecular weight is 289 g/mol. The second-order valence-corrected chi connectivity index (χ2v) is 7.85. The smallest absolute Gasteiger partial charge is 0.0171 e. The summed E-state index contributed by atoms with van der Waals surface area (Å²) in [5.74, 6) is 1.13. The third kappa shape index (κ3) is 3.79. The standard InChI is InChI=1S/C18H27NS/c19-17(13-20-18-7-2-1-3-8-18)12-14-9-10-15-5-4-6-16(15)11-14/h9-11,17-18H,1-8,12-13,19H2. The van der Waals surface area contributed by atoms with Crippen molar-refractivity contribution in [2.75, 3.05) is 5.75 Å². The molecule has 0 bridgehead atoms. The van der Waals surface area contributed by atoms with Crippen molar-refractivity contribution in [2.24, 2.45) is 5.73 Å². The summed E-state index contributed by atoms with van der Waals surface area (Å²) in [4.78, 5) is 0. The van der Waals surface area contributed by atoms with Crippen LogP contribution in [0.2, 0.25) is 0 Å². The molecule has 0 heterocycles. The Balaban J connectivity index is 1.47. The van der Waals surface area contributed by atoms with Crippen molar-refractivity contribution in [1.29, 1.82) is 0 Å². The molecule has 1 aromatic rings. The maximum absolute atomic E-state index is 6.35. The van der Waals surface area contributed by atoms with Gasteiger partial charge in [-0.25, -0.2) is 0 Å². The Bertz CT molecular complexity index is 437. The monoisotopic (exact) mass is 289 g/mol. The van der Waals surface area contributed by atoms with Crippen LogP contribution in [0.1, 0.15) is 55.2 Å². The van der Waals surface area contributed by atoms with Gasteiger partial charge in [0.2, 0.25) is 0 Å². The van der Waals surface area contributed by atoms with Gasteiger partial charge in [0.15, 0.2) is 0 Å². The highest BCUT2D eigenvalue weighted by Gasteiger charge is 2.16. The van der Waals surface area contributed by atoms with Gasteiger partial charge in [-0.05, 0) is 55.2 Å². The van der Waals surface area contributed by atoms with Gasteiger partial charge in [0.05, 0.1) is 0 Å². The van der Waals surface area contributed by atoms with Gasteiger partial charge in [-0.1, -0.05) is 37.5 Å². The van der Waals surface area contributed by atoms with Gasteiger partial charge in [0, 0.05) is 17.0 Å². The van der Waals surface area contributed by atoms with E-state index in [9.17, 15) is 0 Å². The zero-order chi connectivity index (χ0) is 13.8. The molecule has 1 nitrogen and oxygen atoms in total. The second-order valence-electron chi connectivity index (χ2n) is 6.51. The number of aryl methyl sites for hydroxylation is 2. The number of fused-ring (bicyclic) bond motifs is 1. The SMILES string of the molecule is NC(CSC1CCCCC1)Cc1ccc2c(c1)CCC2. The summed E-state index contributed by atoms with van der Waals surface area (Å²) in [6.07, 6.45) is 12.1. The Morgan fingerprint density at radius 3 is 2.70 bits per heavy atom. The van der Waals surface area contributed by atoms with Crippen LogP contribution in [0.3, 0.4) is 0 Å². The fourth-order valence-corrected chi connectivity index (χ4v) is 4.91. The third-order valence-corrected chi connectivity index (χ3v) is 6.32. The topological polar surface area (TPSA) is 26.0 Å². The summed E-state index contributed by atoms with van der Waals surface area (Å²) >= 11 is 2.13. The molecule has 1 fully saturated rings. The van der Waals surface area contributed by atoms with Crippen LogP contribution >= 0.6 is 11.8 Å². The molecule has 1 saturated carbocycles. The molecule has 0 spiro atoms. The van der Waals surface area contributed by atoms with Crippen molar-refractivity contribution in [1.82, 2.24) is 0 Å². The minimum Gasteiger partial charge on any atom is -0.327 e. The van der Waals surface area contributed by atoms with Crippen LogP contribution in [0.25, 0.3) is 0 Å². The molecule has 0 saturated heterocycles. The van der Waals surface area contributed by atoms with E-state index in [2.05, 4.69) is 30.0 Å². The minimum atomic E-state index is 0.321. The van der Waals surface area contributed by atoms with E-state index in [0.717, 1.165) is 17.4 Å². The van der Waals surface area contributed by atoms with Crippen molar-refractivity contribution in [2.45, 2.75) is 69.1 Å². The minimum absolute atomic E-state index is 0.321. The summed E-state index contributed by atoms with van der Waals surface area (Å²) in [6.45, 7) is 0. The first-order chi connectivity index (χ1) is 9.81. The molecule has 2 N–H and O–H groups in total. The number of nitrogens with two attached hydrogens (primary N) is 1. The summed E-state index contributed by atoms with van der Waals surface area (Å²) in [5.41, 5.74) is 10.9. The normalized spacial score (nSPS) is 20.9. The summed E-state index contributed by atoms with van der Waals surface area (Å²) in [5, 5.41) is 0.884. The van der Waals surface area contributed by atoms with E-state index in [4.69, 9.17) is 5.73 Å². The van der Waals surface area contributed by atoms with Gasteiger partial charge < -0.3 is 5.73 Å². The van der Waals surface area contributed by atoms with Crippen molar-refractivity contribution in [3.05, 3.63) is 34.9 Å². The van der Waals surface area contributed by atoms with E-state index in [1.165, 1.54) is 56.9 Å². The molecule has 3 rings (SSSR count). The molecule has 20 heavy (non-hydrogen) atoms. The first-order valence-corrected chi connectivity index (χ1v) is 9.34. The quantitative estimate of drug-likeness (QED) is 0.882. The van der Waals surface area contributed by atoms with Crippen LogP contribution in [0.4, 0.5) is 0 Å². The molecule has 110 valence electrons. The maximum atomic E-state index is 6.35. The van der Waals surface area contributed by atoms with E-state index in [1.54, 1.807) is 11.1 Å². The molecule has 1 atom stereocenters. The molecule has 0 amide bonds. The molecule has 0 aromatic heterocycles.